The highest BCUT2D eigenvalue weighted by atomic mass is 16.5. The third kappa shape index (κ3) is 3.71. The van der Waals surface area contributed by atoms with Gasteiger partial charge in [0.05, 0.1) is 51.0 Å². The first kappa shape index (κ1) is 19.1. The second-order valence-electron chi connectivity index (χ2n) is 7.20. The molecule has 2 aliphatic heterocycles. The Morgan fingerprint density at radius 2 is 1.83 bits per heavy atom. The average molecular weight is 395 g/mol. The summed E-state index contributed by atoms with van der Waals surface area (Å²) in [6.45, 7) is 3.13. The Morgan fingerprint density at radius 3 is 2.45 bits per heavy atom. The minimum atomic E-state index is -0.455. The third-order valence-corrected chi connectivity index (χ3v) is 5.56. The van der Waals surface area contributed by atoms with E-state index in [0.29, 0.717) is 11.3 Å². The number of aromatic nitrogens is 1. The zero-order chi connectivity index (χ0) is 20.4. The van der Waals surface area contributed by atoms with Crippen LogP contribution < -0.4 is 14.7 Å². The van der Waals surface area contributed by atoms with Crippen LogP contribution in [0.2, 0.25) is 0 Å². The van der Waals surface area contributed by atoms with Gasteiger partial charge < -0.3 is 14.5 Å². The Balaban J connectivity index is 1.43. The molecule has 1 aromatic heterocycles. The second-order valence-corrected chi connectivity index (χ2v) is 7.20. The number of imide groups is 1. The molecule has 0 aliphatic carbocycles. The summed E-state index contributed by atoms with van der Waals surface area (Å²) in [5.41, 5.74) is 0.866. The number of anilines is 2. The van der Waals surface area contributed by atoms with Crippen LogP contribution in [-0.4, -0.2) is 62.1 Å². The lowest BCUT2D eigenvalue weighted by molar-refractivity contribution is -0.915. The number of piperazine rings is 1. The number of hydrogen-bond donors (Lipinski definition) is 1. The number of nitrogens with zero attached hydrogens (tertiary/aromatic N) is 3. The molecular weight excluding hydrogens is 372 g/mol. The molecule has 1 N–H and O–H groups in total. The van der Waals surface area contributed by atoms with E-state index in [0.717, 1.165) is 36.9 Å². The van der Waals surface area contributed by atoms with E-state index in [1.165, 1.54) is 12.0 Å². The summed E-state index contributed by atoms with van der Waals surface area (Å²) in [4.78, 5) is 46.1. The van der Waals surface area contributed by atoms with E-state index in [4.69, 9.17) is 0 Å². The van der Waals surface area contributed by atoms with Crippen LogP contribution in [0.4, 0.5) is 11.5 Å². The first-order valence-electron chi connectivity index (χ1n) is 9.64. The summed E-state index contributed by atoms with van der Waals surface area (Å²) in [6.07, 6.45) is 1.98. The lowest BCUT2D eigenvalue weighted by Gasteiger charge is -2.34. The van der Waals surface area contributed by atoms with Gasteiger partial charge in [0.25, 0.3) is 5.91 Å². The van der Waals surface area contributed by atoms with E-state index < -0.39 is 5.97 Å². The second kappa shape index (κ2) is 8.00. The maximum absolute atomic E-state index is 13.0. The van der Waals surface area contributed by atoms with Crippen LogP contribution in [0.25, 0.3) is 0 Å². The fourth-order valence-electron chi connectivity index (χ4n) is 4.00. The van der Waals surface area contributed by atoms with Gasteiger partial charge in [0.15, 0.2) is 6.04 Å². The number of pyridine rings is 1. The molecule has 8 heteroatoms. The summed E-state index contributed by atoms with van der Waals surface area (Å²) < 4.78 is 4.68. The Hall–Kier alpha value is -3.26. The molecule has 3 heterocycles. The quantitative estimate of drug-likeness (QED) is 0.575. The number of amides is 2. The van der Waals surface area contributed by atoms with Crippen LogP contribution in [0.1, 0.15) is 16.8 Å². The highest BCUT2D eigenvalue weighted by Crippen LogP contribution is 2.23. The number of nitrogens with one attached hydrogen (secondary N) is 1. The number of hydrogen-bond acceptors (Lipinski definition) is 6. The van der Waals surface area contributed by atoms with Gasteiger partial charge in [0.1, 0.15) is 5.82 Å². The summed E-state index contributed by atoms with van der Waals surface area (Å²) >= 11 is 0. The monoisotopic (exact) mass is 395 g/mol. The molecule has 0 spiro atoms. The molecule has 2 aromatic rings. The van der Waals surface area contributed by atoms with Crippen LogP contribution in [0.5, 0.6) is 0 Å². The average Bonchev–Trinajstić information content (AvgIpc) is 3.08. The molecule has 2 fully saturated rings. The maximum Gasteiger partial charge on any atom is 0.337 e. The van der Waals surface area contributed by atoms with Crippen molar-refractivity contribution in [2.24, 2.45) is 0 Å². The Kier molecular flexibility index (Phi) is 5.26. The summed E-state index contributed by atoms with van der Waals surface area (Å²) in [7, 11) is 1.31. The van der Waals surface area contributed by atoms with Crippen LogP contribution in [0, 0.1) is 0 Å². The van der Waals surface area contributed by atoms with Crippen LogP contribution >= 0.6 is 0 Å². The first-order chi connectivity index (χ1) is 14.1. The van der Waals surface area contributed by atoms with E-state index in [1.54, 1.807) is 30.5 Å². The Morgan fingerprint density at radius 1 is 1.10 bits per heavy atom. The van der Waals surface area contributed by atoms with Gasteiger partial charge in [-0.15, -0.1) is 0 Å². The van der Waals surface area contributed by atoms with Gasteiger partial charge in [0.2, 0.25) is 5.91 Å². The molecule has 0 radical (unpaired) electrons. The summed E-state index contributed by atoms with van der Waals surface area (Å²) in [5, 5.41) is 0. The highest BCUT2D eigenvalue weighted by molar-refractivity contribution is 6.22. The SMILES string of the molecule is COC(=O)c1ccc(N2C(=O)CC([NH+]3CCN(c4ccccn4)CC3)C2=O)cc1. The number of esters is 1. The van der Waals surface area contributed by atoms with Gasteiger partial charge in [-0.3, -0.25) is 9.59 Å². The fraction of sp³-hybridized carbons (Fsp3) is 0.333. The molecule has 0 saturated carbocycles. The number of carbonyl (C=O) groups excluding carboxylic acids is 3. The topological polar surface area (TPSA) is 84.2 Å². The van der Waals surface area contributed by atoms with Crippen molar-refractivity contribution in [1.82, 2.24) is 4.98 Å². The molecule has 29 heavy (non-hydrogen) atoms. The molecule has 0 bridgehead atoms. The number of quaternary nitrogens is 1. The van der Waals surface area contributed by atoms with Crippen molar-refractivity contribution in [3.05, 3.63) is 54.2 Å². The number of carbonyl (C=O) groups is 3. The summed E-state index contributed by atoms with van der Waals surface area (Å²) in [6, 6.07) is 11.8. The smallest absolute Gasteiger partial charge is 0.337 e. The van der Waals surface area contributed by atoms with Gasteiger partial charge in [-0.2, -0.15) is 0 Å². The van der Waals surface area contributed by atoms with Crippen LogP contribution in [-0.2, 0) is 14.3 Å². The highest BCUT2D eigenvalue weighted by Gasteiger charge is 2.46. The predicted octanol–water partition coefficient (Wildman–Crippen LogP) is -0.0948. The van der Waals surface area contributed by atoms with Crippen molar-refractivity contribution >= 4 is 29.3 Å². The standard InChI is InChI=1S/C21H22N4O4/c1-29-21(28)15-5-7-16(8-6-15)25-19(26)14-17(20(25)27)23-10-12-24(13-11-23)18-4-2-3-9-22-18/h2-9,17H,10-14H2,1H3/p+1. The predicted molar refractivity (Wildman–Crippen MR) is 106 cm³/mol. The first-order valence-corrected chi connectivity index (χ1v) is 9.64. The molecule has 2 saturated heterocycles. The molecule has 2 aliphatic rings. The normalized spacial score (nSPS) is 20.2. The van der Waals surface area contributed by atoms with Gasteiger partial charge in [-0.05, 0) is 36.4 Å². The maximum atomic E-state index is 13.0. The number of benzene rings is 1. The van der Waals surface area contributed by atoms with Crippen molar-refractivity contribution in [2.45, 2.75) is 12.5 Å². The number of rotatable bonds is 4. The third-order valence-electron chi connectivity index (χ3n) is 5.56. The van der Waals surface area contributed by atoms with Crippen molar-refractivity contribution in [2.75, 3.05) is 43.1 Å². The van der Waals surface area contributed by atoms with Gasteiger partial charge in [-0.25, -0.2) is 14.7 Å². The molecular formula is C21H23N4O4+. The minimum absolute atomic E-state index is 0.179. The molecule has 1 aromatic carbocycles. The molecule has 4 rings (SSSR count). The van der Waals surface area contributed by atoms with E-state index >= 15 is 0 Å². The Labute approximate surface area is 168 Å². The molecule has 2 amide bonds. The van der Waals surface area contributed by atoms with E-state index in [2.05, 4.69) is 14.6 Å². The minimum Gasteiger partial charge on any atom is -0.465 e. The van der Waals surface area contributed by atoms with E-state index in [9.17, 15) is 14.4 Å². The van der Waals surface area contributed by atoms with Gasteiger partial charge in [-0.1, -0.05) is 6.07 Å². The summed E-state index contributed by atoms with van der Waals surface area (Å²) in [5.74, 6) is 0.101. The lowest BCUT2D eigenvalue weighted by Crippen LogP contribution is -3.19. The zero-order valence-corrected chi connectivity index (χ0v) is 16.2. The van der Waals surface area contributed by atoms with Crippen LogP contribution in [0.15, 0.2) is 48.7 Å². The van der Waals surface area contributed by atoms with Crippen LogP contribution in [0.3, 0.4) is 0 Å². The van der Waals surface area contributed by atoms with Gasteiger partial charge in [0, 0.05) is 6.20 Å². The molecule has 1 atom stereocenters. The van der Waals surface area contributed by atoms with Crippen molar-refractivity contribution in [3.8, 4) is 0 Å². The molecule has 150 valence electrons. The molecule has 1 unspecified atom stereocenters. The largest absolute Gasteiger partial charge is 0.465 e. The molecule has 8 nitrogen and oxygen atoms in total. The van der Waals surface area contributed by atoms with E-state index in [1.807, 2.05) is 18.2 Å². The van der Waals surface area contributed by atoms with Gasteiger partial charge >= 0.3 is 5.97 Å². The number of ether oxygens (including phenoxy) is 1. The zero-order valence-electron chi connectivity index (χ0n) is 16.2. The lowest BCUT2D eigenvalue weighted by atomic mass is 10.1. The van der Waals surface area contributed by atoms with Crippen molar-refractivity contribution in [3.63, 3.8) is 0 Å². The van der Waals surface area contributed by atoms with Crippen molar-refractivity contribution in [1.29, 1.82) is 0 Å². The fourth-order valence-corrected chi connectivity index (χ4v) is 4.00. The Bertz CT molecular complexity index is 908. The van der Waals surface area contributed by atoms with Crippen molar-refractivity contribution < 1.29 is 24.0 Å². The number of methoxy groups -OCH3 is 1. The van der Waals surface area contributed by atoms with E-state index in [-0.39, 0.29) is 24.3 Å².